The molecule has 0 aliphatic rings. The van der Waals surface area contributed by atoms with Crippen LogP contribution in [0.5, 0.6) is 0 Å². The van der Waals surface area contributed by atoms with E-state index in [2.05, 4.69) is 43.0 Å². The van der Waals surface area contributed by atoms with Crippen molar-refractivity contribution in [1.82, 2.24) is 15.2 Å². The number of pyridine rings is 1. The molecule has 0 saturated heterocycles. The van der Waals surface area contributed by atoms with Gasteiger partial charge in [0.1, 0.15) is 6.10 Å². The molecule has 1 aromatic heterocycles. The number of aliphatic carboxylic acids is 1. The number of hydrogen-bond acceptors (Lipinski definition) is 9. The monoisotopic (exact) mass is 562 g/mol. The molecule has 3 unspecified atom stereocenters. The number of fused-ring (bicyclic) bond motifs is 1. The lowest BCUT2D eigenvalue weighted by atomic mass is 9.93. The van der Waals surface area contributed by atoms with E-state index >= 15 is 0 Å². The standard InChI is InChI=1S/C24H38N4O2.C5H8O5/c1-7-18(10-12-28(5)15-24(3,4)16-30-6)14-27-23(29)20-13-17(2)21(25)19-9-8-11-26-22(19)20;1-2(6)3(7)4(8)5(9)10/h8-9,11,13,18H,7,10,12,14-16,25H2,1-6H3,(H,27,29);3-4,7-8H,1H3,(H,9,10). The van der Waals surface area contributed by atoms with Crippen LogP contribution in [0.4, 0.5) is 5.69 Å². The van der Waals surface area contributed by atoms with Crippen LogP contribution in [-0.2, 0) is 14.3 Å². The van der Waals surface area contributed by atoms with Crippen molar-refractivity contribution in [2.75, 3.05) is 46.1 Å². The highest BCUT2D eigenvalue weighted by Gasteiger charge is 2.26. The number of rotatable bonds is 14. The molecular formula is C29H46N4O7. The minimum Gasteiger partial charge on any atom is -0.479 e. The Bertz CT molecular complexity index is 1120. The summed E-state index contributed by atoms with van der Waals surface area (Å²) in [5, 5.41) is 29.1. The molecule has 2 aromatic rings. The number of carboxylic acids is 1. The van der Waals surface area contributed by atoms with Gasteiger partial charge in [-0.2, -0.15) is 0 Å². The van der Waals surface area contributed by atoms with Gasteiger partial charge in [-0.1, -0.05) is 27.2 Å². The molecule has 11 nitrogen and oxygen atoms in total. The molecule has 3 atom stereocenters. The van der Waals surface area contributed by atoms with E-state index in [0.717, 1.165) is 50.4 Å². The number of hydrogen-bond donors (Lipinski definition) is 5. The van der Waals surface area contributed by atoms with Crippen LogP contribution in [0.15, 0.2) is 24.4 Å². The summed E-state index contributed by atoms with van der Waals surface area (Å²) in [7, 11) is 3.90. The average Bonchev–Trinajstić information content (AvgIpc) is 2.89. The number of benzene rings is 1. The van der Waals surface area contributed by atoms with E-state index in [1.807, 2.05) is 25.1 Å². The zero-order valence-corrected chi connectivity index (χ0v) is 24.7. The number of aliphatic hydroxyl groups is 2. The SMILES string of the molecule is CC(=O)C(O)C(O)C(=O)O.CCC(CCN(C)CC(C)(C)COC)CNC(=O)c1cc(C)c(N)c2cccnc12. The van der Waals surface area contributed by atoms with Crippen LogP contribution in [0.3, 0.4) is 0 Å². The molecule has 2 rings (SSSR count). The molecule has 11 heteroatoms. The molecule has 1 amide bonds. The highest BCUT2D eigenvalue weighted by molar-refractivity contribution is 6.09. The van der Waals surface area contributed by atoms with Crippen LogP contribution in [-0.4, -0.2) is 95.5 Å². The van der Waals surface area contributed by atoms with Crippen molar-refractivity contribution in [1.29, 1.82) is 0 Å². The highest BCUT2D eigenvalue weighted by atomic mass is 16.5. The van der Waals surface area contributed by atoms with Crippen LogP contribution in [0.1, 0.15) is 56.5 Å². The first-order valence-corrected chi connectivity index (χ1v) is 13.3. The fourth-order valence-electron chi connectivity index (χ4n) is 4.37. The number of nitrogens with zero attached hydrogens (tertiary/aromatic N) is 2. The lowest BCUT2D eigenvalue weighted by molar-refractivity contribution is -0.156. The number of Topliss-reactive ketones (excluding diaryl/α,β-unsaturated/α-hetero) is 1. The van der Waals surface area contributed by atoms with Crippen molar-refractivity contribution in [2.24, 2.45) is 11.3 Å². The van der Waals surface area contributed by atoms with E-state index in [0.29, 0.717) is 29.2 Å². The molecule has 0 aliphatic carbocycles. The van der Waals surface area contributed by atoms with Gasteiger partial charge >= 0.3 is 5.97 Å². The van der Waals surface area contributed by atoms with Gasteiger partial charge in [0.25, 0.3) is 5.91 Å². The Morgan fingerprint density at radius 1 is 1.23 bits per heavy atom. The average molecular weight is 563 g/mol. The van der Waals surface area contributed by atoms with Gasteiger partial charge in [-0.15, -0.1) is 0 Å². The van der Waals surface area contributed by atoms with Crippen LogP contribution in [0, 0.1) is 18.3 Å². The number of aromatic nitrogens is 1. The first-order chi connectivity index (χ1) is 18.6. The van der Waals surface area contributed by atoms with Crippen molar-refractivity contribution in [3.05, 3.63) is 35.5 Å². The number of nitrogen functional groups attached to an aromatic ring is 1. The van der Waals surface area contributed by atoms with Crippen LogP contribution >= 0.6 is 0 Å². The molecule has 224 valence electrons. The number of amides is 1. The van der Waals surface area contributed by atoms with Crippen molar-refractivity contribution < 1.29 is 34.4 Å². The normalized spacial score (nSPS) is 13.8. The summed E-state index contributed by atoms with van der Waals surface area (Å²) >= 11 is 0. The lowest BCUT2D eigenvalue weighted by Gasteiger charge is -2.30. The Morgan fingerprint density at radius 3 is 2.40 bits per heavy atom. The minimum absolute atomic E-state index is 0.0881. The van der Waals surface area contributed by atoms with Gasteiger partial charge in [-0.3, -0.25) is 14.6 Å². The molecule has 0 fully saturated rings. The van der Waals surface area contributed by atoms with Crippen LogP contribution in [0.2, 0.25) is 0 Å². The second-order valence-corrected chi connectivity index (χ2v) is 11.0. The summed E-state index contributed by atoms with van der Waals surface area (Å²) in [6.07, 6.45) is -0.0789. The number of nitrogens with two attached hydrogens (primary N) is 1. The first-order valence-electron chi connectivity index (χ1n) is 13.3. The number of carbonyl (C=O) groups excluding carboxylic acids is 2. The predicted octanol–water partition coefficient (Wildman–Crippen LogP) is 2.26. The second-order valence-electron chi connectivity index (χ2n) is 11.0. The Hall–Kier alpha value is -3.12. The van der Waals surface area contributed by atoms with Crippen LogP contribution in [0.25, 0.3) is 10.9 Å². The maximum Gasteiger partial charge on any atom is 0.335 e. The van der Waals surface area contributed by atoms with Crippen molar-refractivity contribution in [2.45, 2.75) is 59.7 Å². The third-order valence-electron chi connectivity index (χ3n) is 6.63. The quantitative estimate of drug-likeness (QED) is 0.215. The van der Waals surface area contributed by atoms with Gasteiger partial charge in [0, 0.05) is 42.9 Å². The topological polar surface area (TPSA) is 175 Å². The lowest BCUT2D eigenvalue weighted by Crippen LogP contribution is -2.38. The first kappa shape index (κ1) is 34.9. The van der Waals surface area contributed by atoms with Crippen molar-refractivity contribution >= 4 is 34.3 Å². The van der Waals surface area contributed by atoms with Gasteiger partial charge in [0.15, 0.2) is 11.9 Å². The van der Waals surface area contributed by atoms with Crippen molar-refractivity contribution in [3.8, 4) is 0 Å². The molecule has 6 N–H and O–H groups in total. The van der Waals surface area contributed by atoms with Gasteiger partial charge in [0.2, 0.25) is 0 Å². The van der Waals surface area contributed by atoms with Crippen LogP contribution < -0.4 is 11.1 Å². The number of nitrogens with one attached hydrogen (secondary N) is 1. The summed E-state index contributed by atoms with van der Waals surface area (Å²) in [6, 6.07) is 5.60. The van der Waals surface area contributed by atoms with E-state index in [-0.39, 0.29) is 11.3 Å². The number of aliphatic hydroxyl groups excluding tert-OH is 2. The van der Waals surface area contributed by atoms with E-state index in [1.54, 1.807) is 13.3 Å². The Labute approximate surface area is 236 Å². The Balaban J connectivity index is 0.000000680. The number of anilines is 1. The largest absolute Gasteiger partial charge is 0.479 e. The van der Waals surface area contributed by atoms with Gasteiger partial charge in [-0.05, 0) is 63.5 Å². The summed E-state index contributed by atoms with van der Waals surface area (Å²) in [4.78, 5) is 39.8. The molecule has 40 heavy (non-hydrogen) atoms. The molecule has 0 saturated carbocycles. The third-order valence-corrected chi connectivity index (χ3v) is 6.63. The molecule has 0 aliphatic heterocycles. The molecule has 0 spiro atoms. The molecule has 1 aromatic carbocycles. The summed E-state index contributed by atoms with van der Waals surface area (Å²) in [6.45, 7) is 12.9. The number of ketones is 1. The summed E-state index contributed by atoms with van der Waals surface area (Å²) < 4.78 is 5.32. The van der Waals surface area contributed by atoms with Gasteiger partial charge < -0.3 is 36.0 Å². The van der Waals surface area contributed by atoms with E-state index < -0.39 is 24.0 Å². The number of ether oxygens (including phenoxy) is 1. The Morgan fingerprint density at radius 2 is 1.88 bits per heavy atom. The van der Waals surface area contributed by atoms with Gasteiger partial charge in [0.05, 0.1) is 17.7 Å². The minimum atomic E-state index is -2.02. The molecule has 1 heterocycles. The summed E-state index contributed by atoms with van der Waals surface area (Å²) in [5.41, 5.74) is 9.13. The zero-order valence-electron chi connectivity index (χ0n) is 24.7. The van der Waals surface area contributed by atoms with E-state index in [4.69, 9.17) is 25.8 Å². The number of methoxy groups -OCH3 is 1. The summed E-state index contributed by atoms with van der Waals surface area (Å²) in [5.74, 6) is -2.04. The van der Waals surface area contributed by atoms with Gasteiger partial charge in [-0.25, -0.2) is 4.79 Å². The number of carboxylic acid groups (broad SMARTS) is 1. The highest BCUT2D eigenvalue weighted by Crippen LogP contribution is 2.26. The van der Waals surface area contributed by atoms with E-state index in [9.17, 15) is 14.4 Å². The number of aryl methyl sites for hydroxylation is 1. The smallest absolute Gasteiger partial charge is 0.335 e. The van der Waals surface area contributed by atoms with Crippen molar-refractivity contribution in [3.63, 3.8) is 0 Å². The molecule has 0 bridgehead atoms. The maximum absolute atomic E-state index is 12.9. The number of carbonyl (C=O) groups is 3. The third kappa shape index (κ3) is 10.8. The maximum atomic E-state index is 12.9. The fourth-order valence-corrected chi connectivity index (χ4v) is 4.37. The Kier molecular flexibility index (Phi) is 14.2. The predicted molar refractivity (Wildman–Crippen MR) is 155 cm³/mol. The molecule has 0 radical (unpaired) electrons. The zero-order chi connectivity index (χ0) is 30.6. The fraction of sp³-hybridized carbons (Fsp3) is 0.586. The van der Waals surface area contributed by atoms with E-state index in [1.165, 1.54) is 0 Å². The molecular weight excluding hydrogens is 516 g/mol. The second kappa shape index (κ2) is 16.2.